The molecule has 0 unspecified atom stereocenters. The van der Waals surface area contributed by atoms with E-state index in [1.165, 1.54) is 33.1 Å². The molecule has 0 saturated carbocycles. The van der Waals surface area contributed by atoms with Gasteiger partial charge in [-0.3, -0.25) is 9.69 Å². The van der Waals surface area contributed by atoms with Gasteiger partial charge in [-0.1, -0.05) is 24.0 Å². The molecule has 0 aliphatic carbocycles. The molecule has 10 heteroatoms. The number of carbonyl (C=O) groups excluding carboxylic acids is 1. The van der Waals surface area contributed by atoms with Crippen molar-refractivity contribution in [2.75, 3.05) is 34.5 Å². The van der Waals surface area contributed by atoms with E-state index in [9.17, 15) is 9.59 Å². The molecule has 1 aliphatic heterocycles. The molecule has 1 amide bonds. The van der Waals surface area contributed by atoms with E-state index in [1.807, 2.05) is 0 Å². The maximum atomic E-state index is 12.7. The van der Waals surface area contributed by atoms with Crippen LogP contribution in [0.1, 0.15) is 24.8 Å². The van der Waals surface area contributed by atoms with Crippen LogP contribution >= 0.6 is 24.0 Å². The second-order valence-electron chi connectivity index (χ2n) is 5.97. The second kappa shape index (κ2) is 10.9. The summed E-state index contributed by atoms with van der Waals surface area (Å²) in [6.45, 7) is 0.624. The van der Waals surface area contributed by atoms with Gasteiger partial charge in [0.1, 0.15) is 4.32 Å². The molecular formula is C19H23NO7S2. The molecule has 0 aromatic heterocycles. The molecule has 1 fully saturated rings. The highest BCUT2D eigenvalue weighted by atomic mass is 32.2. The summed E-state index contributed by atoms with van der Waals surface area (Å²) in [5, 5.41) is 8.43. The van der Waals surface area contributed by atoms with Crippen LogP contribution in [0, 0.1) is 0 Å². The van der Waals surface area contributed by atoms with Gasteiger partial charge in [-0.25, -0.2) is 4.79 Å². The zero-order chi connectivity index (χ0) is 21.4. The summed E-state index contributed by atoms with van der Waals surface area (Å²) in [5.74, 6) is 1.32. The van der Waals surface area contributed by atoms with Gasteiger partial charge in [0.15, 0.2) is 11.5 Å². The molecule has 1 aromatic rings. The van der Waals surface area contributed by atoms with Gasteiger partial charge in [0.25, 0.3) is 5.91 Å². The van der Waals surface area contributed by atoms with Crippen molar-refractivity contribution in [1.29, 1.82) is 0 Å². The van der Waals surface area contributed by atoms with Crippen molar-refractivity contribution >= 4 is 46.4 Å². The summed E-state index contributed by atoms with van der Waals surface area (Å²) in [6, 6.07) is 3.52. The van der Waals surface area contributed by atoms with Crippen LogP contribution in [-0.2, 0) is 9.53 Å². The quantitative estimate of drug-likeness (QED) is 0.252. The van der Waals surface area contributed by atoms with Crippen LogP contribution in [0.4, 0.5) is 4.79 Å². The van der Waals surface area contributed by atoms with E-state index < -0.39 is 6.16 Å². The van der Waals surface area contributed by atoms with Gasteiger partial charge in [0.2, 0.25) is 5.75 Å². The Morgan fingerprint density at radius 2 is 1.79 bits per heavy atom. The number of methoxy groups -OCH3 is 3. The first-order valence-electron chi connectivity index (χ1n) is 8.82. The lowest BCUT2D eigenvalue weighted by molar-refractivity contribution is -0.122. The molecule has 1 N–H and O–H groups in total. The van der Waals surface area contributed by atoms with Crippen LogP contribution in [-0.4, -0.2) is 60.9 Å². The molecule has 0 spiro atoms. The number of nitrogens with zero attached hydrogens (tertiary/aromatic N) is 1. The minimum Gasteiger partial charge on any atom is -0.493 e. The lowest BCUT2D eigenvalue weighted by Crippen LogP contribution is -2.29. The summed E-state index contributed by atoms with van der Waals surface area (Å²) in [5.41, 5.74) is 0.728. The molecule has 1 heterocycles. The third-order valence-corrected chi connectivity index (χ3v) is 5.49. The zero-order valence-corrected chi connectivity index (χ0v) is 18.1. The number of carboxylic acid groups (broad SMARTS) is 1. The van der Waals surface area contributed by atoms with Gasteiger partial charge in [-0.2, -0.15) is 0 Å². The molecule has 158 valence electrons. The van der Waals surface area contributed by atoms with Crippen LogP contribution in [0.3, 0.4) is 0 Å². The fourth-order valence-corrected chi connectivity index (χ4v) is 4.05. The smallest absolute Gasteiger partial charge is 0.493 e. The number of thioether (sulfide) groups is 1. The minimum atomic E-state index is -1.28. The summed E-state index contributed by atoms with van der Waals surface area (Å²) in [7, 11) is 4.59. The van der Waals surface area contributed by atoms with Crippen LogP contribution in [0.15, 0.2) is 17.0 Å². The first-order chi connectivity index (χ1) is 13.9. The molecule has 0 bridgehead atoms. The number of carbonyl (C=O) groups is 2. The van der Waals surface area contributed by atoms with E-state index in [0.717, 1.165) is 12.0 Å². The molecule has 1 aliphatic rings. The molecule has 1 saturated heterocycles. The molecule has 1 aromatic carbocycles. The van der Waals surface area contributed by atoms with Crippen molar-refractivity contribution in [3.63, 3.8) is 0 Å². The second-order valence-corrected chi connectivity index (χ2v) is 7.64. The van der Waals surface area contributed by atoms with Crippen LogP contribution in [0.2, 0.25) is 0 Å². The first-order valence-corrected chi connectivity index (χ1v) is 10.0. The molecule has 2 rings (SSSR count). The topological polar surface area (TPSA) is 94.5 Å². The van der Waals surface area contributed by atoms with Crippen molar-refractivity contribution in [3.05, 3.63) is 22.6 Å². The Hall–Kier alpha value is -2.46. The molecule has 0 atom stereocenters. The van der Waals surface area contributed by atoms with E-state index in [4.69, 9.17) is 31.5 Å². The monoisotopic (exact) mass is 441 g/mol. The normalized spacial score (nSPS) is 15.0. The van der Waals surface area contributed by atoms with Crippen molar-refractivity contribution in [1.82, 2.24) is 4.90 Å². The first kappa shape index (κ1) is 22.8. The number of thiocarbonyl (C=S) groups is 1. The largest absolute Gasteiger partial charge is 0.505 e. The molecule has 8 nitrogen and oxygen atoms in total. The predicted octanol–water partition coefficient (Wildman–Crippen LogP) is 3.78. The highest BCUT2D eigenvalue weighted by molar-refractivity contribution is 8.26. The highest BCUT2D eigenvalue weighted by Gasteiger charge is 2.31. The zero-order valence-electron chi connectivity index (χ0n) is 16.4. The van der Waals surface area contributed by atoms with Gasteiger partial charge in [0.05, 0.1) is 32.8 Å². The van der Waals surface area contributed by atoms with Crippen molar-refractivity contribution in [3.8, 4) is 17.2 Å². The number of benzene rings is 1. The van der Waals surface area contributed by atoms with Gasteiger partial charge in [-0.05, 0) is 43.0 Å². The number of hydrogen-bond acceptors (Lipinski definition) is 8. The summed E-state index contributed by atoms with van der Waals surface area (Å²) in [4.78, 5) is 25.1. The Kier molecular flexibility index (Phi) is 8.59. The average molecular weight is 442 g/mol. The fourth-order valence-electron chi connectivity index (χ4n) is 2.74. The third kappa shape index (κ3) is 6.01. The van der Waals surface area contributed by atoms with E-state index in [1.54, 1.807) is 23.1 Å². The summed E-state index contributed by atoms with van der Waals surface area (Å²) in [6.07, 6.45) is 2.49. The van der Waals surface area contributed by atoms with E-state index in [2.05, 4.69) is 4.74 Å². The van der Waals surface area contributed by atoms with Gasteiger partial charge < -0.3 is 24.1 Å². The van der Waals surface area contributed by atoms with Gasteiger partial charge in [-0.15, -0.1) is 0 Å². The van der Waals surface area contributed by atoms with Gasteiger partial charge in [0, 0.05) is 6.54 Å². The Balaban J connectivity index is 2.05. The van der Waals surface area contributed by atoms with E-state index >= 15 is 0 Å². The molecule has 0 radical (unpaired) electrons. The maximum absolute atomic E-state index is 12.7. The Bertz CT molecular complexity index is 785. The number of unbranched alkanes of at least 4 members (excludes halogenated alkanes) is 2. The Morgan fingerprint density at radius 3 is 2.34 bits per heavy atom. The summed E-state index contributed by atoms with van der Waals surface area (Å²) < 4.78 is 21.0. The summed E-state index contributed by atoms with van der Waals surface area (Å²) >= 11 is 6.58. The lowest BCUT2D eigenvalue weighted by Gasteiger charge is -2.14. The lowest BCUT2D eigenvalue weighted by atomic mass is 10.1. The molecule has 29 heavy (non-hydrogen) atoms. The van der Waals surface area contributed by atoms with E-state index in [0.29, 0.717) is 45.9 Å². The fraction of sp³-hybridized carbons (Fsp3) is 0.421. The number of ether oxygens (including phenoxy) is 4. The third-order valence-electron chi connectivity index (χ3n) is 4.11. The van der Waals surface area contributed by atoms with Gasteiger partial charge >= 0.3 is 6.16 Å². The SMILES string of the molecule is COc1cc(C=C2SC(=S)N(CCCCCOC(=O)O)C2=O)cc(OC)c1OC. The molecular weight excluding hydrogens is 418 g/mol. The maximum Gasteiger partial charge on any atom is 0.505 e. The van der Waals surface area contributed by atoms with Crippen LogP contribution < -0.4 is 14.2 Å². The standard InChI is InChI=1S/C19H23NO7S2/c1-24-13-9-12(10-14(25-2)16(13)26-3)11-15-17(21)20(18(28)29-15)7-5-4-6-8-27-19(22)23/h9-11H,4-8H2,1-3H3,(H,22,23). The predicted molar refractivity (Wildman–Crippen MR) is 114 cm³/mol. The highest BCUT2D eigenvalue weighted by Crippen LogP contribution is 2.40. The minimum absolute atomic E-state index is 0.148. The average Bonchev–Trinajstić information content (AvgIpc) is 2.96. The van der Waals surface area contributed by atoms with Crippen LogP contribution in [0.5, 0.6) is 17.2 Å². The number of amides is 1. The Morgan fingerprint density at radius 1 is 1.14 bits per heavy atom. The van der Waals surface area contributed by atoms with Crippen molar-refractivity contribution < 1.29 is 33.6 Å². The number of hydrogen-bond donors (Lipinski definition) is 1. The Labute approximate surface area is 178 Å². The van der Waals surface area contributed by atoms with Crippen molar-refractivity contribution in [2.45, 2.75) is 19.3 Å². The van der Waals surface area contributed by atoms with E-state index in [-0.39, 0.29) is 12.5 Å². The number of rotatable bonds is 10. The van der Waals surface area contributed by atoms with Crippen LogP contribution in [0.25, 0.3) is 6.08 Å². The van der Waals surface area contributed by atoms with Crippen molar-refractivity contribution in [2.24, 2.45) is 0 Å².